The van der Waals surface area contributed by atoms with Gasteiger partial charge in [-0.3, -0.25) is 0 Å². The molecule has 1 rings (SSSR count). The van der Waals surface area contributed by atoms with Gasteiger partial charge in [-0.15, -0.1) is 0 Å². The molecule has 0 atom stereocenters. The molecule has 0 spiro atoms. The van der Waals surface area contributed by atoms with Crippen LogP contribution in [0, 0.1) is 18.3 Å². The van der Waals surface area contributed by atoms with Gasteiger partial charge in [0.15, 0.2) is 0 Å². The van der Waals surface area contributed by atoms with E-state index in [1.54, 1.807) is 12.1 Å². The SMILES string of the molecule is Cc1cc(Cl)c(N)cc1C#N. The van der Waals surface area contributed by atoms with Crippen molar-refractivity contribution in [2.75, 3.05) is 5.73 Å². The van der Waals surface area contributed by atoms with Crippen molar-refractivity contribution in [3.63, 3.8) is 0 Å². The number of anilines is 1. The fourth-order valence-electron chi connectivity index (χ4n) is 0.810. The Morgan fingerprint density at radius 3 is 2.73 bits per heavy atom. The Morgan fingerprint density at radius 2 is 2.18 bits per heavy atom. The lowest BCUT2D eigenvalue weighted by Crippen LogP contribution is -1.90. The Bertz CT molecular complexity index is 326. The maximum absolute atomic E-state index is 8.59. The number of nitriles is 1. The molecule has 0 aromatic heterocycles. The molecule has 0 heterocycles. The molecule has 0 aliphatic carbocycles. The predicted molar refractivity (Wildman–Crippen MR) is 45.3 cm³/mol. The van der Waals surface area contributed by atoms with Gasteiger partial charge in [0, 0.05) is 0 Å². The van der Waals surface area contributed by atoms with E-state index in [4.69, 9.17) is 22.6 Å². The molecule has 1 aromatic carbocycles. The van der Waals surface area contributed by atoms with Crippen molar-refractivity contribution in [2.24, 2.45) is 0 Å². The fraction of sp³-hybridized carbons (Fsp3) is 0.125. The van der Waals surface area contributed by atoms with Gasteiger partial charge in [0.25, 0.3) is 0 Å². The van der Waals surface area contributed by atoms with E-state index < -0.39 is 0 Å². The minimum Gasteiger partial charge on any atom is -0.397 e. The number of nitrogens with zero attached hydrogens (tertiary/aromatic N) is 1. The van der Waals surface area contributed by atoms with Crippen LogP contribution < -0.4 is 5.73 Å². The van der Waals surface area contributed by atoms with Crippen molar-refractivity contribution in [2.45, 2.75) is 6.92 Å². The van der Waals surface area contributed by atoms with E-state index in [1.807, 2.05) is 13.0 Å². The molecule has 11 heavy (non-hydrogen) atoms. The number of benzene rings is 1. The number of rotatable bonds is 0. The highest BCUT2D eigenvalue weighted by atomic mass is 35.5. The zero-order valence-electron chi connectivity index (χ0n) is 6.06. The molecule has 56 valence electrons. The van der Waals surface area contributed by atoms with Crippen LogP contribution in [-0.2, 0) is 0 Å². The van der Waals surface area contributed by atoms with Crippen LogP contribution >= 0.6 is 11.6 Å². The molecule has 0 saturated carbocycles. The lowest BCUT2D eigenvalue weighted by Gasteiger charge is -2.00. The quantitative estimate of drug-likeness (QED) is 0.600. The zero-order valence-corrected chi connectivity index (χ0v) is 6.81. The molecule has 0 amide bonds. The molecular formula is C8H7ClN2. The molecule has 0 unspecified atom stereocenters. The van der Waals surface area contributed by atoms with Gasteiger partial charge in [-0.1, -0.05) is 11.6 Å². The Labute approximate surface area is 70.2 Å². The van der Waals surface area contributed by atoms with Crippen LogP contribution in [0.3, 0.4) is 0 Å². The molecule has 0 bridgehead atoms. The Balaban J connectivity index is 3.35. The zero-order chi connectivity index (χ0) is 8.43. The summed E-state index contributed by atoms with van der Waals surface area (Å²) in [7, 11) is 0. The van der Waals surface area contributed by atoms with Crippen LogP contribution in [-0.4, -0.2) is 0 Å². The first-order chi connectivity index (χ1) is 5.15. The van der Waals surface area contributed by atoms with E-state index in [0.717, 1.165) is 5.56 Å². The third-order valence-corrected chi connectivity index (χ3v) is 1.79. The lowest BCUT2D eigenvalue weighted by atomic mass is 10.1. The van der Waals surface area contributed by atoms with Crippen molar-refractivity contribution in [3.05, 3.63) is 28.3 Å². The van der Waals surface area contributed by atoms with Crippen LogP contribution in [0.5, 0.6) is 0 Å². The monoisotopic (exact) mass is 166 g/mol. The van der Waals surface area contributed by atoms with Crippen LogP contribution in [0.2, 0.25) is 5.02 Å². The van der Waals surface area contributed by atoms with Gasteiger partial charge in [-0.25, -0.2) is 0 Å². The normalized spacial score (nSPS) is 9.18. The first-order valence-electron chi connectivity index (χ1n) is 3.11. The van der Waals surface area contributed by atoms with Gasteiger partial charge >= 0.3 is 0 Å². The molecule has 0 fully saturated rings. The molecule has 1 aromatic rings. The molecule has 0 saturated heterocycles. The fourth-order valence-corrected chi connectivity index (χ4v) is 1.03. The van der Waals surface area contributed by atoms with Gasteiger partial charge in [0.05, 0.1) is 22.3 Å². The summed E-state index contributed by atoms with van der Waals surface area (Å²) in [5.74, 6) is 0. The van der Waals surface area contributed by atoms with Crippen molar-refractivity contribution in [1.29, 1.82) is 5.26 Å². The van der Waals surface area contributed by atoms with E-state index in [1.165, 1.54) is 0 Å². The second kappa shape index (κ2) is 2.81. The Hall–Kier alpha value is -1.20. The number of halogens is 1. The van der Waals surface area contributed by atoms with Crippen LogP contribution in [0.1, 0.15) is 11.1 Å². The molecular weight excluding hydrogens is 160 g/mol. The Kier molecular flexibility index (Phi) is 2.02. The number of nitrogen functional groups attached to an aromatic ring is 1. The Morgan fingerprint density at radius 1 is 1.55 bits per heavy atom. The number of hydrogen-bond acceptors (Lipinski definition) is 2. The van der Waals surface area contributed by atoms with Gasteiger partial charge < -0.3 is 5.73 Å². The van der Waals surface area contributed by atoms with Crippen molar-refractivity contribution >= 4 is 17.3 Å². The summed E-state index contributed by atoms with van der Waals surface area (Å²) in [5, 5.41) is 9.09. The summed E-state index contributed by atoms with van der Waals surface area (Å²) in [6, 6.07) is 5.30. The lowest BCUT2D eigenvalue weighted by molar-refractivity contribution is 1.39. The predicted octanol–water partition coefficient (Wildman–Crippen LogP) is 2.10. The second-order valence-electron chi connectivity index (χ2n) is 2.30. The summed E-state index contributed by atoms with van der Waals surface area (Å²) in [6.45, 7) is 1.82. The molecule has 0 radical (unpaired) electrons. The molecule has 0 aliphatic rings. The average Bonchev–Trinajstić information content (AvgIpc) is 1.97. The smallest absolute Gasteiger partial charge is 0.0995 e. The van der Waals surface area contributed by atoms with E-state index in [0.29, 0.717) is 16.3 Å². The second-order valence-corrected chi connectivity index (χ2v) is 2.71. The van der Waals surface area contributed by atoms with Crippen molar-refractivity contribution < 1.29 is 0 Å². The van der Waals surface area contributed by atoms with E-state index >= 15 is 0 Å². The summed E-state index contributed by atoms with van der Waals surface area (Å²) in [6.07, 6.45) is 0. The molecule has 0 aliphatic heterocycles. The third-order valence-electron chi connectivity index (χ3n) is 1.46. The molecule has 2 N–H and O–H groups in total. The van der Waals surface area contributed by atoms with Crippen LogP contribution in [0.4, 0.5) is 5.69 Å². The average molecular weight is 167 g/mol. The number of nitrogens with two attached hydrogens (primary N) is 1. The first-order valence-corrected chi connectivity index (χ1v) is 3.48. The van der Waals surface area contributed by atoms with Crippen LogP contribution in [0.25, 0.3) is 0 Å². The summed E-state index contributed by atoms with van der Waals surface area (Å²) in [4.78, 5) is 0. The highest BCUT2D eigenvalue weighted by Gasteiger charge is 2.01. The van der Waals surface area contributed by atoms with Gasteiger partial charge in [0.2, 0.25) is 0 Å². The highest BCUT2D eigenvalue weighted by molar-refractivity contribution is 6.33. The maximum atomic E-state index is 8.59. The maximum Gasteiger partial charge on any atom is 0.0995 e. The minimum absolute atomic E-state index is 0.453. The van der Waals surface area contributed by atoms with Crippen molar-refractivity contribution in [1.82, 2.24) is 0 Å². The van der Waals surface area contributed by atoms with Crippen LogP contribution in [0.15, 0.2) is 12.1 Å². The standard InChI is InChI=1S/C8H7ClN2/c1-5-2-7(9)8(11)3-6(5)4-10/h2-3H,11H2,1H3. The van der Waals surface area contributed by atoms with E-state index in [9.17, 15) is 0 Å². The number of hydrogen-bond donors (Lipinski definition) is 1. The van der Waals surface area contributed by atoms with Crippen molar-refractivity contribution in [3.8, 4) is 6.07 Å². The van der Waals surface area contributed by atoms with E-state index in [-0.39, 0.29) is 0 Å². The van der Waals surface area contributed by atoms with E-state index in [2.05, 4.69) is 0 Å². The minimum atomic E-state index is 0.453. The number of aryl methyl sites for hydroxylation is 1. The summed E-state index contributed by atoms with van der Waals surface area (Å²) < 4.78 is 0. The first kappa shape index (κ1) is 7.90. The van der Waals surface area contributed by atoms with Gasteiger partial charge in [-0.05, 0) is 24.6 Å². The molecule has 3 heteroatoms. The summed E-state index contributed by atoms with van der Waals surface area (Å²) in [5.41, 5.74) is 7.36. The van der Waals surface area contributed by atoms with Gasteiger partial charge in [-0.2, -0.15) is 5.26 Å². The molecule has 2 nitrogen and oxygen atoms in total. The topological polar surface area (TPSA) is 49.8 Å². The summed E-state index contributed by atoms with van der Waals surface area (Å²) >= 11 is 5.71. The largest absolute Gasteiger partial charge is 0.397 e. The third kappa shape index (κ3) is 1.44. The van der Waals surface area contributed by atoms with Gasteiger partial charge in [0.1, 0.15) is 0 Å². The highest BCUT2D eigenvalue weighted by Crippen LogP contribution is 2.22.